The highest BCUT2D eigenvalue weighted by atomic mass is 79.9. The number of hydrogen-bond donors (Lipinski definition) is 0. The third-order valence-corrected chi connectivity index (χ3v) is 2.66. The quantitative estimate of drug-likeness (QED) is 0.852. The lowest BCUT2D eigenvalue weighted by Crippen LogP contribution is -1.94. The molecule has 1 aromatic heterocycles. The monoisotopic (exact) mass is 289 g/mol. The van der Waals surface area contributed by atoms with Crippen molar-refractivity contribution in [1.29, 1.82) is 5.26 Å². The van der Waals surface area contributed by atoms with E-state index >= 15 is 0 Å². The van der Waals surface area contributed by atoms with Crippen molar-refractivity contribution in [2.45, 2.75) is 6.92 Å². The third-order valence-electron chi connectivity index (χ3n) is 2.04. The number of rotatable bonds is 2. The van der Waals surface area contributed by atoms with Crippen LogP contribution in [0.25, 0.3) is 0 Å². The molecule has 2 rings (SSSR count). The van der Waals surface area contributed by atoms with Crippen LogP contribution in [0.1, 0.15) is 11.3 Å². The summed E-state index contributed by atoms with van der Waals surface area (Å²) in [5, 5.41) is 8.71. The smallest absolute Gasteiger partial charge is 0.323 e. The average molecular weight is 290 g/mol. The van der Waals surface area contributed by atoms with Crippen molar-refractivity contribution in [3.63, 3.8) is 0 Å². The normalized spacial score (nSPS) is 9.71. The molecule has 0 aliphatic heterocycles. The Hall–Kier alpha value is -1.93. The first-order chi connectivity index (χ1) is 8.19. The predicted molar refractivity (Wildman–Crippen MR) is 65.7 cm³/mol. The van der Waals surface area contributed by atoms with Gasteiger partial charge in [-0.2, -0.15) is 10.2 Å². The summed E-state index contributed by atoms with van der Waals surface area (Å²) in [6.07, 6.45) is 1.49. The summed E-state index contributed by atoms with van der Waals surface area (Å²) in [5.41, 5.74) is 1.40. The maximum Gasteiger partial charge on any atom is 0.323 e. The summed E-state index contributed by atoms with van der Waals surface area (Å²) in [6, 6.07) is 9.30. The molecule has 0 atom stereocenters. The largest absolute Gasteiger partial charge is 0.423 e. The van der Waals surface area contributed by atoms with E-state index in [4.69, 9.17) is 10.00 Å². The number of hydrogen-bond acceptors (Lipinski definition) is 4. The van der Waals surface area contributed by atoms with Crippen molar-refractivity contribution in [1.82, 2.24) is 9.97 Å². The minimum absolute atomic E-state index is 0.161. The van der Waals surface area contributed by atoms with E-state index in [-0.39, 0.29) is 11.7 Å². The number of ether oxygens (including phenoxy) is 1. The van der Waals surface area contributed by atoms with Crippen molar-refractivity contribution in [3.8, 4) is 17.8 Å². The van der Waals surface area contributed by atoms with E-state index in [1.165, 1.54) is 12.3 Å². The molecule has 1 aromatic carbocycles. The first-order valence-electron chi connectivity index (χ1n) is 4.86. The van der Waals surface area contributed by atoms with E-state index < -0.39 is 0 Å². The molecule has 84 valence electrons. The second kappa shape index (κ2) is 4.93. The Kier molecular flexibility index (Phi) is 3.35. The van der Waals surface area contributed by atoms with E-state index in [1.54, 1.807) is 0 Å². The fourth-order valence-electron chi connectivity index (χ4n) is 1.24. The summed E-state index contributed by atoms with van der Waals surface area (Å²) in [7, 11) is 0. The summed E-state index contributed by atoms with van der Waals surface area (Å²) >= 11 is 3.39. The van der Waals surface area contributed by atoms with Crippen LogP contribution in [-0.2, 0) is 0 Å². The summed E-state index contributed by atoms with van der Waals surface area (Å²) in [4.78, 5) is 7.88. The van der Waals surface area contributed by atoms with Crippen molar-refractivity contribution in [2.24, 2.45) is 0 Å². The molecule has 0 N–H and O–H groups in total. The fourth-order valence-corrected chi connectivity index (χ4v) is 1.81. The van der Waals surface area contributed by atoms with Gasteiger partial charge in [0.1, 0.15) is 17.5 Å². The van der Waals surface area contributed by atoms with E-state index in [0.717, 1.165) is 10.0 Å². The molecular weight excluding hydrogens is 282 g/mol. The molecule has 17 heavy (non-hydrogen) atoms. The Labute approximate surface area is 107 Å². The maximum absolute atomic E-state index is 8.71. The molecule has 0 aliphatic carbocycles. The molecule has 5 heteroatoms. The number of halogens is 1. The summed E-state index contributed by atoms with van der Waals surface area (Å²) in [5.74, 6) is 0.616. The Morgan fingerprint density at radius 3 is 2.88 bits per heavy atom. The maximum atomic E-state index is 8.71. The van der Waals surface area contributed by atoms with Crippen molar-refractivity contribution < 1.29 is 4.74 Å². The molecule has 1 heterocycles. The Bertz CT molecular complexity index is 593. The van der Waals surface area contributed by atoms with Gasteiger partial charge < -0.3 is 4.74 Å². The second-order valence-electron chi connectivity index (χ2n) is 3.37. The van der Waals surface area contributed by atoms with Crippen LogP contribution in [0.15, 0.2) is 34.9 Å². The molecule has 0 saturated carbocycles. The highest BCUT2D eigenvalue weighted by Crippen LogP contribution is 2.28. The summed E-state index contributed by atoms with van der Waals surface area (Å²) < 4.78 is 6.31. The van der Waals surface area contributed by atoms with Gasteiger partial charge >= 0.3 is 6.01 Å². The van der Waals surface area contributed by atoms with E-state index in [0.29, 0.717) is 5.75 Å². The topological polar surface area (TPSA) is 58.8 Å². The standard InChI is InChI=1S/C12H8BrN3O/c1-8-2-3-11(10(13)6-8)17-12-15-5-4-9(7-14)16-12/h2-6H,1H3. The first kappa shape index (κ1) is 11.6. The molecule has 0 radical (unpaired) electrons. The predicted octanol–water partition coefficient (Wildman–Crippen LogP) is 3.21. The Morgan fingerprint density at radius 2 is 2.18 bits per heavy atom. The number of benzene rings is 1. The van der Waals surface area contributed by atoms with E-state index in [9.17, 15) is 0 Å². The molecule has 2 aromatic rings. The molecule has 0 amide bonds. The number of aromatic nitrogens is 2. The molecule has 4 nitrogen and oxygen atoms in total. The molecule has 0 fully saturated rings. The molecule has 0 saturated heterocycles. The van der Waals surface area contributed by atoms with Crippen LogP contribution in [0, 0.1) is 18.3 Å². The van der Waals surface area contributed by atoms with Gasteiger partial charge in [0.25, 0.3) is 0 Å². The van der Waals surface area contributed by atoms with E-state index in [2.05, 4.69) is 25.9 Å². The van der Waals surface area contributed by atoms with Gasteiger partial charge in [0.15, 0.2) is 0 Å². The molecule has 0 aliphatic rings. The van der Waals surface area contributed by atoms with Crippen molar-refractivity contribution in [3.05, 3.63) is 46.2 Å². The molecular formula is C12H8BrN3O. The first-order valence-corrected chi connectivity index (χ1v) is 5.65. The van der Waals surface area contributed by atoms with Gasteiger partial charge in [-0.15, -0.1) is 0 Å². The van der Waals surface area contributed by atoms with Crippen LogP contribution >= 0.6 is 15.9 Å². The Morgan fingerprint density at radius 1 is 1.35 bits per heavy atom. The van der Waals surface area contributed by atoms with Crippen LogP contribution in [0.3, 0.4) is 0 Å². The lowest BCUT2D eigenvalue weighted by molar-refractivity contribution is 0.438. The Balaban J connectivity index is 2.28. The van der Waals surface area contributed by atoms with Crippen LogP contribution in [0.2, 0.25) is 0 Å². The zero-order valence-corrected chi connectivity index (χ0v) is 10.6. The van der Waals surface area contributed by atoms with Crippen LogP contribution < -0.4 is 4.74 Å². The molecule has 0 spiro atoms. The summed E-state index contributed by atoms with van der Waals surface area (Å²) in [6.45, 7) is 1.99. The van der Waals surface area contributed by atoms with Crippen molar-refractivity contribution in [2.75, 3.05) is 0 Å². The lowest BCUT2D eigenvalue weighted by atomic mass is 10.2. The van der Waals surface area contributed by atoms with Gasteiger partial charge in [0.05, 0.1) is 4.47 Å². The van der Waals surface area contributed by atoms with E-state index in [1.807, 2.05) is 31.2 Å². The number of aryl methyl sites for hydroxylation is 1. The third kappa shape index (κ3) is 2.80. The van der Waals surface area contributed by atoms with Crippen molar-refractivity contribution >= 4 is 15.9 Å². The fraction of sp³-hybridized carbons (Fsp3) is 0.0833. The van der Waals surface area contributed by atoms with Gasteiger partial charge in [-0.3, -0.25) is 0 Å². The van der Waals surface area contributed by atoms with Gasteiger partial charge in [-0.25, -0.2) is 4.98 Å². The van der Waals surface area contributed by atoms with Crippen LogP contribution in [0.4, 0.5) is 0 Å². The minimum atomic E-state index is 0.161. The highest BCUT2D eigenvalue weighted by molar-refractivity contribution is 9.10. The highest BCUT2D eigenvalue weighted by Gasteiger charge is 2.05. The second-order valence-corrected chi connectivity index (χ2v) is 4.23. The molecule has 0 bridgehead atoms. The zero-order valence-electron chi connectivity index (χ0n) is 9.01. The van der Waals surface area contributed by atoms with Gasteiger partial charge in [-0.05, 0) is 46.6 Å². The lowest BCUT2D eigenvalue weighted by Gasteiger charge is -2.06. The molecule has 0 unspecified atom stereocenters. The van der Waals surface area contributed by atoms with Gasteiger partial charge in [0.2, 0.25) is 0 Å². The average Bonchev–Trinajstić information content (AvgIpc) is 2.33. The number of nitriles is 1. The number of nitrogens with zero attached hydrogens (tertiary/aromatic N) is 3. The van der Waals surface area contributed by atoms with Gasteiger partial charge in [0, 0.05) is 6.20 Å². The SMILES string of the molecule is Cc1ccc(Oc2nccc(C#N)n2)c(Br)c1. The van der Waals surface area contributed by atoms with Crippen LogP contribution in [0.5, 0.6) is 11.8 Å². The van der Waals surface area contributed by atoms with Gasteiger partial charge in [-0.1, -0.05) is 6.07 Å². The zero-order chi connectivity index (χ0) is 12.3. The minimum Gasteiger partial charge on any atom is -0.423 e. The van der Waals surface area contributed by atoms with Crippen LogP contribution in [-0.4, -0.2) is 9.97 Å².